The maximum atomic E-state index is 11.3. The van der Waals surface area contributed by atoms with Crippen LogP contribution < -0.4 is 0 Å². The maximum absolute atomic E-state index is 11.3. The zero-order valence-electron chi connectivity index (χ0n) is 40.1. The third kappa shape index (κ3) is 13.0. The lowest BCUT2D eigenvalue weighted by Crippen LogP contribution is -2.68. The Balaban J connectivity index is 0.938. The van der Waals surface area contributed by atoms with Gasteiger partial charge in [0.25, 0.3) is 0 Å². The predicted molar refractivity (Wildman–Crippen MR) is 229 cm³/mol. The Morgan fingerprint density at radius 2 is 0.553 bits per heavy atom. The molecule has 7 rings (SSSR count). The van der Waals surface area contributed by atoms with Crippen molar-refractivity contribution in [2.75, 3.05) is 52.9 Å². The van der Waals surface area contributed by atoms with E-state index in [1.165, 1.54) is 0 Å². The second-order valence-corrected chi connectivity index (χ2v) is 19.3. The van der Waals surface area contributed by atoms with Crippen molar-refractivity contribution in [3.63, 3.8) is 0 Å². The minimum absolute atomic E-state index is 0.363. The normalized spacial score (nSPS) is 52.6. The van der Waals surface area contributed by atoms with E-state index in [0.29, 0.717) is 0 Å². The summed E-state index contributed by atoms with van der Waals surface area (Å²) in [5.41, 5.74) is 0. The molecule has 0 aliphatic carbocycles. The van der Waals surface area contributed by atoms with Gasteiger partial charge >= 0.3 is 0 Å². The Labute approximate surface area is 430 Å². The molecule has 0 bridgehead atoms. The maximum Gasteiger partial charge on any atom is 0.187 e. The Morgan fingerprint density at radius 3 is 0.908 bits per heavy atom. The van der Waals surface area contributed by atoms with E-state index >= 15 is 0 Å². The molecule has 0 radical (unpaired) electrons. The Morgan fingerprint density at radius 1 is 0.263 bits per heavy atom. The molecule has 0 saturated carbocycles. The number of hydrogen-bond acceptors (Lipinski definition) is 34. The molecule has 34 nitrogen and oxygen atoms in total. The van der Waals surface area contributed by atoms with Crippen LogP contribution in [0.1, 0.15) is 6.42 Å². The Hall–Kier alpha value is -1.36. The molecule has 7 heterocycles. The van der Waals surface area contributed by atoms with Crippen LogP contribution in [0.4, 0.5) is 0 Å². The van der Waals surface area contributed by atoms with Gasteiger partial charge < -0.3 is 169 Å². The lowest BCUT2D eigenvalue weighted by atomic mass is 9.95. The van der Waals surface area contributed by atoms with Gasteiger partial charge in [-0.2, -0.15) is 0 Å². The first-order valence-corrected chi connectivity index (χ1v) is 24.4. The van der Waals surface area contributed by atoms with Crippen LogP contribution >= 0.6 is 0 Å². The molecule has 7 aliphatic rings. The fourth-order valence-electron chi connectivity index (χ4n) is 9.92. The molecular formula is C42H72O34. The van der Waals surface area contributed by atoms with E-state index in [9.17, 15) is 107 Å². The predicted octanol–water partition coefficient (Wildman–Crippen LogP) is -14.6. The largest absolute Gasteiger partial charge is 0.394 e. The van der Waals surface area contributed by atoms with Gasteiger partial charge in [-0.3, -0.25) is 0 Å². The van der Waals surface area contributed by atoms with Crippen LogP contribution in [-0.4, -0.2) is 363 Å². The van der Waals surface area contributed by atoms with Gasteiger partial charge in [0, 0.05) is 6.42 Å². The van der Waals surface area contributed by atoms with Gasteiger partial charge in [-0.05, 0) is 0 Å². The second kappa shape index (κ2) is 27.1. The smallest absolute Gasteiger partial charge is 0.187 e. The monoisotopic (exact) mass is 1120 g/mol. The lowest BCUT2D eigenvalue weighted by Gasteiger charge is -2.49. The van der Waals surface area contributed by atoms with Gasteiger partial charge in [0.2, 0.25) is 0 Å². The van der Waals surface area contributed by atoms with Crippen molar-refractivity contribution in [2.24, 2.45) is 0 Å². The van der Waals surface area contributed by atoms with Crippen LogP contribution in [-0.2, 0) is 61.6 Å². The molecule has 33 unspecified atom stereocenters. The molecular weight excluding hydrogens is 1050 g/mol. The summed E-state index contributed by atoms with van der Waals surface area (Å²) < 4.78 is 72.8. The highest BCUT2D eigenvalue weighted by atomic mass is 16.8. The first-order valence-electron chi connectivity index (χ1n) is 24.4. The van der Waals surface area contributed by atoms with Crippen LogP contribution in [0.2, 0.25) is 0 Å². The standard InChI is InChI=1S/C42H72O34/c43-2-13-12(65-38-27(59)22(54)21(53)14(3-44)67-38)1-10(50)37(66-13)72-33-16(5-46)68-40(28(60)23(33)55)74-35-18(7-48)70-42(30(62)25(35)57)76-36-19(8-49)71-41(31(63)26(36)58)75-34-17(6-47)69-39(29(61)24(34)56)73-32-15(4-45)64-9-11(51)20(32)52/h10-63H,1-9H2. The van der Waals surface area contributed by atoms with Gasteiger partial charge in [-0.1, -0.05) is 0 Å². The second-order valence-electron chi connectivity index (χ2n) is 19.3. The van der Waals surface area contributed by atoms with Gasteiger partial charge in [0.05, 0.1) is 59.0 Å². The fraction of sp³-hybridized carbons (Fsp3) is 1.00. The number of aliphatic hydroxyl groups is 21. The van der Waals surface area contributed by atoms with Crippen LogP contribution in [0.15, 0.2) is 0 Å². The Bertz CT molecular complexity index is 1740. The van der Waals surface area contributed by atoms with E-state index in [1.807, 2.05) is 0 Å². The Kier molecular flexibility index (Phi) is 22.2. The van der Waals surface area contributed by atoms with E-state index < -0.39 is 255 Å². The molecule has 33 atom stereocenters. The molecule has 34 heteroatoms. The lowest BCUT2D eigenvalue weighted by molar-refractivity contribution is -0.394. The molecule has 76 heavy (non-hydrogen) atoms. The van der Waals surface area contributed by atoms with Crippen LogP contribution in [0.3, 0.4) is 0 Å². The summed E-state index contributed by atoms with van der Waals surface area (Å²) in [7, 11) is 0. The number of rotatable bonds is 19. The highest BCUT2D eigenvalue weighted by Gasteiger charge is 2.57. The summed E-state index contributed by atoms with van der Waals surface area (Å²) in [5, 5.41) is 222. The molecule has 7 aliphatic heterocycles. The molecule has 7 fully saturated rings. The fourth-order valence-corrected chi connectivity index (χ4v) is 9.92. The molecule has 7 saturated heterocycles. The zero-order chi connectivity index (χ0) is 55.6. The molecule has 0 spiro atoms. The summed E-state index contributed by atoms with van der Waals surface area (Å²) in [6.07, 6.45) is -59.2. The van der Waals surface area contributed by atoms with E-state index in [1.54, 1.807) is 0 Å². The van der Waals surface area contributed by atoms with Crippen molar-refractivity contribution in [1.29, 1.82) is 0 Å². The SMILES string of the molecule is OCC1OC(OC2C(CO)OC(OC3C(CO)OC(OC4C(CO)OC(OC5C(CO)OC(OC6C(CO)OCC(O)C6O)C(O)C5O)C(O)C4O)C(O)C3O)C(O)C2O)C(O)CC1OC1OC(CO)C(O)C(O)C1O. The number of hydrogen-bond donors (Lipinski definition) is 21. The van der Waals surface area contributed by atoms with E-state index in [-0.39, 0.29) is 6.61 Å². The first kappa shape index (κ1) is 62.2. The van der Waals surface area contributed by atoms with E-state index in [4.69, 9.17) is 61.6 Å². The average molecular weight is 1120 g/mol. The van der Waals surface area contributed by atoms with Crippen molar-refractivity contribution < 1.29 is 169 Å². The topological polar surface area (TPSA) is 545 Å². The zero-order valence-corrected chi connectivity index (χ0v) is 40.1. The van der Waals surface area contributed by atoms with Crippen molar-refractivity contribution >= 4 is 0 Å². The summed E-state index contributed by atoms with van der Waals surface area (Å²) in [5.74, 6) is 0. The van der Waals surface area contributed by atoms with Gasteiger partial charge in [0.15, 0.2) is 37.7 Å². The van der Waals surface area contributed by atoms with Crippen molar-refractivity contribution in [3.8, 4) is 0 Å². The molecule has 0 aromatic heterocycles. The summed E-state index contributed by atoms with van der Waals surface area (Å²) in [6, 6.07) is 0. The van der Waals surface area contributed by atoms with Crippen molar-refractivity contribution in [1.82, 2.24) is 0 Å². The van der Waals surface area contributed by atoms with E-state index in [0.717, 1.165) is 0 Å². The molecule has 0 amide bonds. The summed E-state index contributed by atoms with van der Waals surface area (Å²) in [4.78, 5) is 0. The van der Waals surface area contributed by atoms with E-state index in [2.05, 4.69) is 0 Å². The van der Waals surface area contributed by atoms with Crippen LogP contribution in [0.25, 0.3) is 0 Å². The quantitative estimate of drug-likeness (QED) is 0.0571. The van der Waals surface area contributed by atoms with Gasteiger partial charge in [-0.15, -0.1) is 0 Å². The van der Waals surface area contributed by atoms with Crippen LogP contribution in [0.5, 0.6) is 0 Å². The molecule has 444 valence electrons. The number of aliphatic hydroxyl groups excluding tert-OH is 21. The third-order valence-corrected chi connectivity index (χ3v) is 14.3. The van der Waals surface area contributed by atoms with Gasteiger partial charge in [-0.25, -0.2) is 0 Å². The molecule has 0 aromatic carbocycles. The minimum Gasteiger partial charge on any atom is -0.394 e. The summed E-state index contributed by atoms with van der Waals surface area (Å²) >= 11 is 0. The minimum atomic E-state index is -2.19. The average Bonchev–Trinajstić information content (AvgIpc) is 3.41. The van der Waals surface area contributed by atoms with Gasteiger partial charge in [0.1, 0.15) is 159 Å². The number of ether oxygens (including phenoxy) is 13. The highest BCUT2D eigenvalue weighted by Crippen LogP contribution is 2.37. The third-order valence-electron chi connectivity index (χ3n) is 14.3. The van der Waals surface area contributed by atoms with Crippen molar-refractivity contribution in [2.45, 2.75) is 209 Å². The van der Waals surface area contributed by atoms with Crippen LogP contribution in [0, 0.1) is 0 Å². The summed E-state index contributed by atoms with van der Waals surface area (Å²) in [6.45, 7) is -6.61. The molecule has 21 N–H and O–H groups in total. The molecule has 0 aromatic rings. The first-order chi connectivity index (χ1) is 36.2. The van der Waals surface area contributed by atoms with Crippen molar-refractivity contribution in [3.05, 3.63) is 0 Å². The highest BCUT2D eigenvalue weighted by molar-refractivity contribution is 5.00.